The fourth-order valence-corrected chi connectivity index (χ4v) is 5.93. The van der Waals surface area contributed by atoms with Crippen molar-refractivity contribution in [3.63, 3.8) is 0 Å². The Morgan fingerprint density at radius 2 is 1.63 bits per heavy atom. The lowest BCUT2D eigenvalue weighted by Crippen LogP contribution is -2.36. The molecule has 38 heavy (non-hydrogen) atoms. The minimum absolute atomic E-state index is 0. The van der Waals surface area contributed by atoms with Crippen molar-refractivity contribution < 1.29 is 17.9 Å². The maximum atomic E-state index is 13.6. The Morgan fingerprint density at radius 1 is 0.947 bits per heavy atom. The third kappa shape index (κ3) is 6.69. The van der Waals surface area contributed by atoms with Crippen molar-refractivity contribution in [3.8, 4) is 5.75 Å². The summed E-state index contributed by atoms with van der Waals surface area (Å²) in [7, 11) is 3.32. The molecule has 0 aliphatic rings. The average Bonchev–Trinajstić information content (AvgIpc) is 3.32. The number of methoxy groups -OCH3 is 1. The van der Waals surface area contributed by atoms with Crippen LogP contribution in [0, 0.1) is 0 Å². The summed E-state index contributed by atoms with van der Waals surface area (Å²) in [5.41, 5.74) is 2.07. The standard InChI is InChI=1S/C27H30N4O4S2.ClH/c1-29(2)16-17-31(27-28-24-15-12-22(35-4)18-25(24)36-27)26(32)21-10-13-23(14-11-21)37(33,34)30(3)19-20-8-6-5-7-9-20;/h5-15,18H,16-17,19H2,1-4H3;1H. The Kier molecular flexibility index (Phi) is 9.86. The second-order valence-corrected chi connectivity index (χ2v) is 11.9. The number of thiazole rings is 1. The fraction of sp³-hybridized carbons (Fsp3) is 0.259. The quantitative estimate of drug-likeness (QED) is 0.272. The van der Waals surface area contributed by atoms with Gasteiger partial charge in [-0.3, -0.25) is 9.69 Å². The van der Waals surface area contributed by atoms with Gasteiger partial charge in [0.2, 0.25) is 10.0 Å². The first-order chi connectivity index (χ1) is 17.7. The first-order valence-electron chi connectivity index (χ1n) is 11.7. The average molecular weight is 575 g/mol. The number of carbonyl (C=O) groups excluding carboxylic acids is 1. The number of ether oxygens (including phenoxy) is 1. The Hall–Kier alpha value is -3.02. The van der Waals surface area contributed by atoms with Gasteiger partial charge in [-0.05, 0) is 62.1 Å². The van der Waals surface area contributed by atoms with Gasteiger partial charge >= 0.3 is 0 Å². The molecule has 0 atom stereocenters. The van der Waals surface area contributed by atoms with Crippen LogP contribution in [0.5, 0.6) is 5.75 Å². The van der Waals surface area contributed by atoms with E-state index in [4.69, 9.17) is 4.74 Å². The van der Waals surface area contributed by atoms with Gasteiger partial charge < -0.3 is 9.64 Å². The van der Waals surface area contributed by atoms with Crippen molar-refractivity contribution in [1.82, 2.24) is 14.2 Å². The largest absolute Gasteiger partial charge is 0.497 e. The van der Waals surface area contributed by atoms with Crippen molar-refractivity contribution in [2.75, 3.05) is 46.2 Å². The van der Waals surface area contributed by atoms with E-state index in [-0.39, 0.29) is 29.8 Å². The Balaban J connectivity index is 0.00000400. The molecule has 0 spiro atoms. The summed E-state index contributed by atoms with van der Waals surface area (Å²) in [6.07, 6.45) is 0. The van der Waals surface area contributed by atoms with Crippen LogP contribution in [0.4, 0.5) is 5.13 Å². The zero-order chi connectivity index (χ0) is 26.6. The van der Waals surface area contributed by atoms with Gasteiger partial charge in [0.25, 0.3) is 5.91 Å². The molecule has 0 aliphatic carbocycles. The van der Waals surface area contributed by atoms with E-state index in [0.717, 1.165) is 21.5 Å². The second kappa shape index (κ2) is 12.7. The third-order valence-corrected chi connectivity index (χ3v) is 8.75. The highest BCUT2D eigenvalue weighted by molar-refractivity contribution is 7.89. The highest BCUT2D eigenvalue weighted by Gasteiger charge is 2.24. The van der Waals surface area contributed by atoms with E-state index in [9.17, 15) is 13.2 Å². The number of carbonyl (C=O) groups is 1. The zero-order valence-corrected chi connectivity index (χ0v) is 24.1. The number of anilines is 1. The van der Waals surface area contributed by atoms with E-state index in [1.807, 2.05) is 67.5 Å². The first-order valence-corrected chi connectivity index (χ1v) is 14.0. The Morgan fingerprint density at radius 3 is 2.26 bits per heavy atom. The molecule has 1 heterocycles. The van der Waals surface area contributed by atoms with Gasteiger partial charge in [-0.25, -0.2) is 13.4 Å². The number of aromatic nitrogens is 1. The summed E-state index contributed by atoms with van der Waals surface area (Å²) >= 11 is 1.41. The van der Waals surface area contributed by atoms with Gasteiger partial charge in [0.15, 0.2) is 5.13 Å². The number of rotatable bonds is 10. The molecule has 0 N–H and O–H groups in total. The maximum Gasteiger partial charge on any atom is 0.260 e. The number of benzene rings is 3. The van der Waals surface area contributed by atoms with Gasteiger partial charge in [0, 0.05) is 32.2 Å². The molecule has 1 aromatic heterocycles. The minimum atomic E-state index is -3.72. The molecule has 0 saturated carbocycles. The maximum absolute atomic E-state index is 13.6. The van der Waals surface area contributed by atoms with E-state index in [1.54, 1.807) is 31.2 Å². The number of halogens is 1. The molecule has 4 aromatic rings. The van der Waals surface area contributed by atoms with E-state index >= 15 is 0 Å². The molecule has 8 nitrogen and oxygen atoms in total. The number of nitrogens with zero attached hydrogens (tertiary/aromatic N) is 4. The molecular weight excluding hydrogens is 544 g/mol. The van der Waals surface area contributed by atoms with Crippen LogP contribution >= 0.6 is 23.7 Å². The van der Waals surface area contributed by atoms with Crippen molar-refractivity contribution in [3.05, 3.63) is 83.9 Å². The fourth-order valence-electron chi connectivity index (χ4n) is 3.75. The van der Waals surface area contributed by atoms with Crippen molar-refractivity contribution in [2.24, 2.45) is 0 Å². The lowest BCUT2D eigenvalue weighted by molar-refractivity contribution is 0.0985. The highest BCUT2D eigenvalue weighted by atomic mass is 35.5. The Labute approximate surface area is 233 Å². The zero-order valence-electron chi connectivity index (χ0n) is 21.7. The van der Waals surface area contributed by atoms with Crippen LogP contribution in [0.3, 0.4) is 0 Å². The molecule has 11 heteroatoms. The molecule has 202 valence electrons. The number of amides is 1. The molecule has 0 unspecified atom stereocenters. The lowest BCUT2D eigenvalue weighted by atomic mass is 10.2. The number of fused-ring (bicyclic) bond motifs is 1. The topological polar surface area (TPSA) is 83.0 Å². The molecule has 0 bridgehead atoms. The van der Waals surface area contributed by atoms with Gasteiger partial charge in [-0.15, -0.1) is 12.4 Å². The van der Waals surface area contributed by atoms with Gasteiger partial charge in [-0.2, -0.15) is 4.31 Å². The first kappa shape index (κ1) is 29.5. The van der Waals surface area contributed by atoms with Crippen molar-refractivity contribution in [1.29, 1.82) is 0 Å². The van der Waals surface area contributed by atoms with Gasteiger partial charge in [0.1, 0.15) is 5.75 Å². The van der Waals surface area contributed by atoms with Crippen molar-refractivity contribution >= 4 is 55.0 Å². The monoisotopic (exact) mass is 574 g/mol. The number of likely N-dealkylation sites (N-methyl/N-ethyl adjacent to an activating group) is 1. The van der Waals surface area contributed by atoms with Crippen LogP contribution in [0.15, 0.2) is 77.7 Å². The second-order valence-electron chi connectivity index (χ2n) is 8.86. The lowest BCUT2D eigenvalue weighted by Gasteiger charge is -2.22. The van der Waals surface area contributed by atoms with E-state index < -0.39 is 10.0 Å². The molecule has 0 fully saturated rings. The predicted molar refractivity (Wildman–Crippen MR) is 155 cm³/mol. The molecule has 1 amide bonds. The van der Waals surface area contributed by atoms with E-state index in [2.05, 4.69) is 4.98 Å². The van der Waals surface area contributed by atoms with Crippen LogP contribution in [0.2, 0.25) is 0 Å². The van der Waals surface area contributed by atoms with Gasteiger partial charge in [0.05, 0.1) is 22.2 Å². The van der Waals surface area contributed by atoms with Crippen LogP contribution in [-0.2, 0) is 16.6 Å². The molecule has 0 radical (unpaired) electrons. The smallest absolute Gasteiger partial charge is 0.260 e. The minimum Gasteiger partial charge on any atom is -0.497 e. The summed E-state index contributed by atoms with van der Waals surface area (Å²) < 4.78 is 33.8. The van der Waals surface area contributed by atoms with Crippen LogP contribution in [0.25, 0.3) is 10.2 Å². The summed E-state index contributed by atoms with van der Waals surface area (Å²) in [5, 5.41) is 0.578. The summed E-state index contributed by atoms with van der Waals surface area (Å²) in [5.74, 6) is 0.484. The van der Waals surface area contributed by atoms with Gasteiger partial charge in [-0.1, -0.05) is 41.7 Å². The van der Waals surface area contributed by atoms with E-state index in [1.165, 1.54) is 27.8 Å². The number of hydrogen-bond acceptors (Lipinski definition) is 7. The normalized spacial score (nSPS) is 11.5. The molecule has 0 aliphatic heterocycles. The SMILES string of the molecule is COc1ccc2nc(N(CCN(C)C)C(=O)c3ccc(S(=O)(=O)N(C)Cc4ccccc4)cc3)sc2c1.Cl. The highest BCUT2D eigenvalue weighted by Crippen LogP contribution is 2.32. The van der Waals surface area contributed by atoms with E-state index in [0.29, 0.717) is 23.8 Å². The summed E-state index contributed by atoms with van der Waals surface area (Å²) in [4.78, 5) is 22.0. The molecule has 4 rings (SSSR count). The Bertz CT molecular complexity index is 1480. The molecular formula is C27H31ClN4O4S2. The third-order valence-electron chi connectivity index (χ3n) is 5.89. The molecule has 0 saturated heterocycles. The molecule has 3 aromatic carbocycles. The van der Waals surface area contributed by atoms with Crippen molar-refractivity contribution in [2.45, 2.75) is 11.4 Å². The van der Waals surface area contributed by atoms with Crippen LogP contribution < -0.4 is 9.64 Å². The van der Waals surface area contributed by atoms with Crippen LogP contribution in [0.1, 0.15) is 15.9 Å². The number of sulfonamides is 1. The predicted octanol–water partition coefficient (Wildman–Crippen LogP) is 4.76. The summed E-state index contributed by atoms with van der Waals surface area (Å²) in [6.45, 7) is 1.33. The number of hydrogen-bond donors (Lipinski definition) is 0. The summed E-state index contributed by atoms with van der Waals surface area (Å²) in [6, 6.07) is 21.1. The van der Waals surface area contributed by atoms with Crippen LogP contribution in [-0.4, -0.2) is 69.9 Å².